The van der Waals surface area contributed by atoms with E-state index >= 15 is 0 Å². The maximum Gasteiger partial charge on any atom is 0.481 e. The van der Waals surface area contributed by atoms with Crippen LogP contribution in [0.15, 0.2) is 12.7 Å². The van der Waals surface area contributed by atoms with Crippen LogP contribution >= 0.6 is 35.2 Å². The molecule has 3 rings (SSSR count). The SMILES string of the molecule is CCCCCCCCCCCCCC(=O)CSCCNC(=O)CCNC(=O)[C@@H](O)C(C)(C)COP(=O)(O)OP(=O)(O)OC[C@H]1O[C@@H](n2cnc3c(N)ncnc32)[C@H](O)[C@@H]1OP(=O)(O)O. The van der Waals surface area contributed by atoms with E-state index < -0.39 is 78.6 Å². The van der Waals surface area contributed by atoms with Gasteiger partial charge in [0.15, 0.2) is 17.7 Å². The van der Waals surface area contributed by atoms with Crippen molar-refractivity contribution in [2.75, 3.05) is 43.5 Å². The summed E-state index contributed by atoms with van der Waals surface area (Å²) in [6.45, 7) is 2.89. The number of anilines is 1. The van der Waals surface area contributed by atoms with Gasteiger partial charge in [0.05, 0.1) is 25.3 Å². The molecule has 7 atom stereocenters. The van der Waals surface area contributed by atoms with E-state index in [4.69, 9.17) is 19.5 Å². The number of nitrogen functional groups attached to an aromatic ring is 1. The number of nitrogens with zero attached hydrogens (tertiary/aromatic N) is 4. The smallest absolute Gasteiger partial charge is 0.386 e. The van der Waals surface area contributed by atoms with Crippen LogP contribution in [0.25, 0.3) is 11.2 Å². The molecule has 3 heterocycles. The predicted molar refractivity (Wildman–Crippen MR) is 233 cm³/mol. The van der Waals surface area contributed by atoms with Gasteiger partial charge in [-0.1, -0.05) is 85.0 Å². The monoisotopic (exact) mass is 991 g/mol. The molecule has 0 radical (unpaired) electrons. The van der Waals surface area contributed by atoms with E-state index in [1.54, 1.807) is 0 Å². The molecule has 24 nitrogen and oxygen atoms in total. The molecule has 2 aromatic heterocycles. The lowest BCUT2D eigenvalue weighted by molar-refractivity contribution is -0.137. The second kappa shape index (κ2) is 26.8. The molecular formula is C36H64N7O17P3S. The van der Waals surface area contributed by atoms with Crippen molar-refractivity contribution in [2.45, 2.75) is 135 Å². The lowest BCUT2D eigenvalue weighted by Gasteiger charge is -2.30. The summed E-state index contributed by atoms with van der Waals surface area (Å²) in [5.74, 6) is -0.303. The molecule has 1 fully saturated rings. The summed E-state index contributed by atoms with van der Waals surface area (Å²) in [5, 5.41) is 26.6. The molecule has 0 bridgehead atoms. The van der Waals surface area contributed by atoms with E-state index in [1.807, 2.05) is 0 Å². The van der Waals surface area contributed by atoms with Gasteiger partial charge in [-0.2, -0.15) is 16.1 Å². The highest BCUT2D eigenvalue weighted by Crippen LogP contribution is 2.61. The predicted octanol–water partition coefficient (Wildman–Crippen LogP) is 3.41. The number of amides is 2. The van der Waals surface area contributed by atoms with Gasteiger partial charge in [0.2, 0.25) is 11.8 Å². The van der Waals surface area contributed by atoms with E-state index in [0.717, 1.165) is 36.5 Å². The first-order chi connectivity index (χ1) is 30.1. The number of unbranched alkanes of at least 4 members (excludes halogenated alkanes) is 10. The Kier molecular flexibility index (Phi) is 23.4. The van der Waals surface area contributed by atoms with Crippen LogP contribution in [0.5, 0.6) is 0 Å². The van der Waals surface area contributed by atoms with E-state index in [9.17, 15) is 57.9 Å². The zero-order chi connectivity index (χ0) is 47.6. The van der Waals surface area contributed by atoms with E-state index in [-0.39, 0.29) is 41.6 Å². The lowest BCUT2D eigenvalue weighted by Crippen LogP contribution is -2.46. The van der Waals surface area contributed by atoms with Crippen molar-refractivity contribution >= 4 is 69.8 Å². The Morgan fingerprint density at radius 1 is 0.906 bits per heavy atom. The molecule has 2 amide bonds. The van der Waals surface area contributed by atoms with Crippen LogP contribution in [0.2, 0.25) is 0 Å². The molecule has 0 spiro atoms. The maximum atomic E-state index is 12.7. The van der Waals surface area contributed by atoms with E-state index in [2.05, 4.69) is 41.3 Å². The third-order valence-electron chi connectivity index (χ3n) is 9.97. The lowest BCUT2D eigenvalue weighted by atomic mass is 9.87. The number of carbonyl (C=O) groups is 3. The Hall–Kier alpha value is -2.44. The summed E-state index contributed by atoms with van der Waals surface area (Å²) in [6, 6.07) is 0. The van der Waals surface area contributed by atoms with Crippen LogP contribution in [-0.2, 0) is 50.7 Å². The largest absolute Gasteiger partial charge is 0.481 e. The fourth-order valence-electron chi connectivity index (χ4n) is 6.45. The molecule has 1 aliphatic rings. The number of hydrogen-bond donors (Lipinski definition) is 9. The number of Topliss-reactive ketones (excluding diaryl/α,β-unsaturated/α-hetero) is 1. The quantitative estimate of drug-likeness (QED) is 0.0365. The summed E-state index contributed by atoms with van der Waals surface area (Å²) >= 11 is 1.43. The Labute approximate surface area is 376 Å². The van der Waals surface area contributed by atoms with E-state index in [0.29, 0.717) is 24.5 Å². The Morgan fingerprint density at radius 2 is 1.53 bits per heavy atom. The number of phosphoric ester groups is 3. The van der Waals surface area contributed by atoms with Gasteiger partial charge in [-0.25, -0.2) is 28.6 Å². The number of ketones is 1. The van der Waals surface area contributed by atoms with E-state index in [1.165, 1.54) is 77.0 Å². The van der Waals surface area contributed by atoms with Gasteiger partial charge in [0.1, 0.15) is 42.0 Å². The number of fused-ring (bicyclic) bond motifs is 1. The zero-order valence-corrected chi connectivity index (χ0v) is 39.8. The number of aromatic nitrogens is 4. The number of aliphatic hydroxyl groups excluding tert-OH is 2. The number of rotatable bonds is 33. The summed E-state index contributed by atoms with van der Waals surface area (Å²) < 4.78 is 62.4. The molecule has 1 aliphatic heterocycles. The van der Waals surface area contributed by atoms with Gasteiger partial charge in [0.25, 0.3) is 0 Å². The fraction of sp³-hybridized carbons (Fsp3) is 0.778. The number of nitrogens with two attached hydrogens (primary N) is 1. The Morgan fingerprint density at radius 3 is 2.17 bits per heavy atom. The molecule has 2 unspecified atom stereocenters. The number of imidazole rings is 1. The van der Waals surface area contributed by atoms with Gasteiger partial charge in [-0.05, 0) is 6.42 Å². The van der Waals surface area contributed by atoms with Crippen molar-refractivity contribution in [1.82, 2.24) is 30.2 Å². The summed E-state index contributed by atoms with van der Waals surface area (Å²) in [5.41, 5.74) is 4.29. The number of carbonyl (C=O) groups excluding carboxylic acids is 3. The number of nitrogens with one attached hydrogen (secondary N) is 2. The normalized spacial score (nSPS) is 20.5. The number of aliphatic hydroxyl groups is 2. The van der Waals surface area contributed by atoms with Crippen LogP contribution in [0.3, 0.4) is 0 Å². The van der Waals surface area contributed by atoms with Crippen LogP contribution in [-0.4, -0.2) is 129 Å². The standard InChI is InChI=1S/C36H64N7O17P3S/c1-4-5-6-7-8-9-10-11-12-13-14-15-25(44)21-64-19-18-38-27(45)16-17-39-34(48)31(47)36(2,3)22-57-63(54,55)60-62(52,53)56-20-26-30(59-61(49,50)51)29(46)35(58-26)43-24-42-28-32(37)40-23-41-33(28)43/h23-24,26,29-31,35,46-47H,4-22H2,1-3H3,(H,38,45)(H,39,48)(H,52,53)(H,54,55)(H2,37,40,41)(H2,49,50,51)/t26-,29-,30-,31-,35-/m1/s1. The van der Waals surface area contributed by atoms with Crippen LogP contribution in [0.4, 0.5) is 5.82 Å². The van der Waals surface area contributed by atoms with Crippen molar-refractivity contribution in [1.29, 1.82) is 0 Å². The molecule has 64 heavy (non-hydrogen) atoms. The average molecular weight is 992 g/mol. The van der Waals surface area contributed by atoms with Crippen LogP contribution < -0.4 is 16.4 Å². The fourth-order valence-corrected chi connectivity index (χ4v) is 10.0. The summed E-state index contributed by atoms with van der Waals surface area (Å²) in [4.78, 5) is 88.2. The second-order valence-corrected chi connectivity index (χ2v) is 21.3. The number of ether oxygens (including phenoxy) is 1. The topological polar surface area (TPSA) is 364 Å². The number of hydrogen-bond acceptors (Lipinski definition) is 18. The minimum absolute atomic E-state index is 0.0343. The average Bonchev–Trinajstić information content (AvgIpc) is 3.77. The highest BCUT2D eigenvalue weighted by atomic mass is 32.2. The molecular weight excluding hydrogens is 927 g/mol. The molecule has 0 saturated carbocycles. The molecule has 0 aliphatic carbocycles. The minimum Gasteiger partial charge on any atom is -0.386 e. The molecule has 0 aromatic carbocycles. The summed E-state index contributed by atoms with van der Waals surface area (Å²) in [6.07, 6.45) is 7.05. The first kappa shape index (κ1) is 55.9. The summed E-state index contributed by atoms with van der Waals surface area (Å²) in [7, 11) is -16.4. The maximum absolute atomic E-state index is 12.7. The first-order valence-corrected chi connectivity index (χ1v) is 26.7. The number of thioether (sulfide) groups is 1. The highest BCUT2D eigenvalue weighted by Gasteiger charge is 2.50. The molecule has 1 saturated heterocycles. The Bertz CT molecular complexity index is 1940. The number of phosphoric acid groups is 3. The van der Waals surface area contributed by atoms with Crippen LogP contribution in [0, 0.1) is 5.41 Å². The van der Waals surface area contributed by atoms with Gasteiger partial charge in [0, 0.05) is 37.1 Å². The minimum atomic E-state index is -5.57. The van der Waals surface area contributed by atoms with Crippen molar-refractivity contribution in [3.05, 3.63) is 12.7 Å². The molecule has 10 N–H and O–H groups in total. The molecule has 366 valence electrons. The third kappa shape index (κ3) is 19.8. The highest BCUT2D eigenvalue weighted by molar-refractivity contribution is 7.99. The Balaban J connectivity index is 1.34. The van der Waals surface area contributed by atoms with Crippen molar-refractivity contribution in [3.63, 3.8) is 0 Å². The third-order valence-corrected chi connectivity index (χ3v) is 14.1. The van der Waals surface area contributed by atoms with Gasteiger partial charge >= 0.3 is 23.5 Å². The molecule has 2 aromatic rings. The van der Waals surface area contributed by atoms with Crippen LogP contribution in [0.1, 0.15) is 110 Å². The van der Waals surface area contributed by atoms with Gasteiger partial charge in [-0.3, -0.25) is 32.5 Å². The van der Waals surface area contributed by atoms with Gasteiger partial charge in [-0.15, -0.1) is 0 Å². The molecule has 28 heteroatoms. The van der Waals surface area contributed by atoms with Crippen molar-refractivity contribution in [3.8, 4) is 0 Å². The van der Waals surface area contributed by atoms with Crippen molar-refractivity contribution in [2.24, 2.45) is 5.41 Å². The first-order valence-electron chi connectivity index (χ1n) is 21.0. The zero-order valence-electron chi connectivity index (χ0n) is 36.3. The second-order valence-electron chi connectivity index (χ2n) is 15.9. The van der Waals surface area contributed by atoms with Gasteiger partial charge < -0.3 is 50.9 Å². The van der Waals surface area contributed by atoms with Crippen molar-refractivity contribution < 1.29 is 80.5 Å².